The van der Waals surface area contributed by atoms with E-state index in [1.165, 1.54) is 116 Å². The Hall–Kier alpha value is -8.26. The molecule has 11 aromatic carbocycles. The number of ether oxygens (including phenoxy) is 1. The van der Waals surface area contributed by atoms with E-state index >= 15 is 0 Å². The molecular weight excluding hydrogens is 785 g/mol. The maximum Gasteiger partial charge on any atom is 0.140 e. The molecule has 0 bridgehead atoms. The van der Waals surface area contributed by atoms with Gasteiger partial charge in [-0.25, -0.2) is 0 Å². The first kappa shape index (κ1) is 35.2. The summed E-state index contributed by atoms with van der Waals surface area (Å²) < 4.78 is 7.05. The Morgan fingerprint density at radius 3 is 1.40 bits per heavy atom. The van der Waals surface area contributed by atoms with Crippen LogP contribution in [0.5, 0.6) is 11.5 Å². The molecule has 15 rings (SSSR count). The summed E-state index contributed by atoms with van der Waals surface area (Å²) in [5, 5.41) is 4.84. The molecule has 3 aliphatic carbocycles. The Bertz CT molecular complexity index is 3820. The molecule has 0 N–H and O–H groups in total. The second-order valence-corrected chi connectivity index (χ2v) is 18.2. The van der Waals surface area contributed by atoms with Crippen molar-refractivity contribution in [1.82, 2.24) is 0 Å². The van der Waals surface area contributed by atoms with E-state index in [1.54, 1.807) is 0 Å². The van der Waals surface area contributed by atoms with Crippen LogP contribution in [0.25, 0.3) is 77.2 Å². The van der Waals surface area contributed by atoms with Crippen LogP contribution in [0.15, 0.2) is 231 Å². The summed E-state index contributed by atoms with van der Waals surface area (Å²) in [6.45, 7) is 0. The minimum Gasteiger partial charge on any atom is -0.456 e. The Morgan fingerprint density at radius 1 is 0.262 bits per heavy atom. The molecule has 300 valence electrons. The zero-order valence-corrected chi connectivity index (χ0v) is 35.3. The largest absolute Gasteiger partial charge is 0.456 e. The van der Waals surface area contributed by atoms with E-state index in [0.29, 0.717) is 0 Å². The fourth-order valence-electron chi connectivity index (χ4n) is 12.9. The van der Waals surface area contributed by atoms with E-state index in [1.807, 2.05) is 0 Å². The van der Waals surface area contributed by atoms with Crippen LogP contribution in [0.4, 0.5) is 0 Å². The molecule has 0 saturated carbocycles. The van der Waals surface area contributed by atoms with Gasteiger partial charge in [-0.3, -0.25) is 0 Å². The van der Waals surface area contributed by atoms with Gasteiger partial charge in [-0.05, 0) is 129 Å². The minimum atomic E-state index is -0.548. The Balaban J connectivity index is 0.939. The molecule has 1 heterocycles. The lowest BCUT2D eigenvalue weighted by molar-refractivity contribution is 0.442. The standard InChI is InChI=1S/C64H38O/c1-2-17-42-37-58-51(36-41(42)16-1)47-21-7-11-27-54(47)64(58)55-28-12-8-23-49(55)61-43(24-15-30-57(61)64)39-32-34-40(35-33-39)50-38-59-62(48-22-4-3-18-44(48)50)65-60-31-14-13-29-56(60)63(59)52-25-9-5-19-45(52)46-20-6-10-26-53(46)63/h1-38H. The number of hydrogen-bond acceptors (Lipinski definition) is 1. The molecule has 1 atom stereocenters. The average Bonchev–Trinajstić information content (AvgIpc) is 3.96. The molecule has 0 aromatic heterocycles. The first-order valence-corrected chi connectivity index (χ1v) is 22.7. The van der Waals surface area contributed by atoms with Crippen molar-refractivity contribution in [1.29, 1.82) is 0 Å². The third kappa shape index (κ3) is 4.33. The fraction of sp³-hybridized carbons (Fsp3) is 0.0312. The van der Waals surface area contributed by atoms with Crippen molar-refractivity contribution in [2.24, 2.45) is 0 Å². The Kier molecular flexibility index (Phi) is 6.88. The molecule has 0 saturated heterocycles. The van der Waals surface area contributed by atoms with Crippen molar-refractivity contribution >= 4 is 21.5 Å². The van der Waals surface area contributed by atoms with Crippen molar-refractivity contribution in [3.8, 4) is 67.1 Å². The quantitative estimate of drug-likeness (QED) is 0.169. The first-order chi connectivity index (χ1) is 32.2. The normalized spacial score (nSPS) is 16.0. The van der Waals surface area contributed by atoms with Crippen LogP contribution in [0.3, 0.4) is 0 Å². The van der Waals surface area contributed by atoms with Crippen LogP contribution in [0, 0.1) is 0 Å². The van der Waals surface area contributed by atoms with Gasteiger partial charge in [0.05, 0.1) is 10.8 Å². The minimum absolute atomic E-state index is 0.423. The van der Waals surface area contributed by atoms with Gasteiger partial charge in [0.15, 0.2) is 0 Å². The molecule has 1 heteroatoms. The van der Waals surface area contributed by atoms with E-state index in [4.69, 9.17) is 4.74 Å². The van der Waals surface area contributed by atoms with E-state index in [0.717, 1.165) is 16.9 Å². The van der Waals surface area contributed by atoms with Gasteiger partial charge >= 0.3 is 0 Å². The van der Waals surface area contributed by atoms with Crippen molar-refractivity contribution in [2.45, 2.75) is 10.8 Å². The molecule has 1 unspecified atom stereocenters. The number of rotatable bonds is 2. The Labute approximate surface area is 377 Å². The van der Waals surface area contributed by atoms with Crippen LogP contribution in [0.1, 0.15) is 44.5 Å². The molecule has 11 aromatic rings. The summed E-state index contributed by atoms with van der Waals surface area (Å²) in [6.07, 6.45) is 0. The van der Waals surface area contributed by atoms with Crippen molar-refractivity contribution < 1.29 is 4.74 Å². The van der Waals surface area contributed by atoms with Crippen molar-refractivity contribution in [3.63, 3.8) is 0 Å². The lowest BCUT2D eigenvalue weighted by atomic mass is 9.65. The highest BCUT2D eigenvalue weighted by Gasteiger charge is 2.53. The van der Waals surface area contributed by atoms with E-state index in [-0.39, 0.29) is 0 Å². The molecule has 1 aliphatic heterocycles. The van der Waals surface area contributed by atoms with E-state index in [2.05, 4.69) is 231 Å². The lowest BCUT2D eigenvalue weighted by Gasteiger charge is -2.40. The summed E-state index contributed by atoms with van der Waals surface area (Å²) in [5.41, 5.74) is 22.1. The molecule has 4 aliphatic rings. The number of benzene rings is 11. The monoisotopic (exact) mass is 822 g/mol. The second-order valence-electron chi connectivity index (χ2n) is 18.2. The van der Waals surface area contributed by atoms with Gasteiger partial charge in [0, 0.05) is 16.5 Å². The van der Waals surface area contributed by atoms with Crippen LogP contribution in [0.2, 0.25) is 0 Å². The van der Waals surface area contributed by atoms with Crippen LogP contribution < -0.4 is 4.74 Å². The zero-order valence-electron chi connectivity index (χ0n) is 35.3. The molecule has 1 nitrogen and oxygen atoms in total. The molecular formula is C64H38O. The third-order valence-corrected chi connectivity index (χ3v) is 15.3. The highest BCUT2D eigenvalue weighted by molar-refractivity contribution is 6.06. The van der Waals surface area contributed by atoms with Gasteiger partial charge < -0.3 is 4.74 Å². The highest BCUT2D eigenvalue weighted by atomic mass is 16.5. The van der Waals surface area contributed by atoms with Gasteiger partial charge in [0.1, 0.15) is 11.5 Å². The summed E-state index contributed by atoms with van der Waals surface area (Å²) in [6, 6.07) is 86.2. The number of para-hydroxylation sites is 1. The van der Waals surface area contributed by atoms with Gasteiger partial charge in [0.2, 0.25) is 0 Å². The van der Waals surface area contributed by atoms with Crippen molar-refractivity contribution in [2.75, 3.05) is 0 Å². The summed E-state index contributed by atoms with van der Waals surface area (Å²) in [5.74, 6) is 1.84. The van der Waals surface area contributed by atoms with Gasteiger partial charge in [-0.2, -0.15) is 0 Å². The van der Waals surface area contributed by atoms with Gasteiger partial charge in [0.25, 0.3) is 0 Å². The third-order valence-electron chi connectivity index (χ3n) is 15.3. The predicted octanol–water partition coefficient (Wildman–Crippen LogP) is 16.1. The fourth-order valence-corrected chi connectivity index (χ4v) is 12.9. The molecule has 0 fully saturated rings. The molecule has 2 spiro atoms. The maximum absolute atomic E-state index is 7.05. The Morgan fingerprint density at radius 2 is 0.723 bits per heavy atom. The van der Waals surface area contributed by atoms with Crippen LogP contribution in [-0.2, 0) is 10.8 Å². The number of fused-ring (bicyclic) bond motifs is 22. The predicted molar refractivity (Wildman–Crippen MR) is 266 cm³/mol. The van der Waals surface area contributed by atoms with Crippen molar-refractivity contribution in [3.05, 3.63) is 275 Å². The van der Waals surface area contributed by atoms with Gasteiger partial charge in [-0.1, -0.05) is 206 Å². The van der Waals surface area contributed by atoms with E-state index < -0.39 is 10.8 Å². The topological polar surface area (TPSA) is 9.23 Å². The summed E-state index contributed by atoms with van der Waals surface area (Å²) >= 11 is 0. The smallest absolute Gasteiger partial charge is 0.140 e. The van der Waals surface area contributed by atoms with Crippen LogP contribution in [-0.4, -0.2) is 0 Å². The SMILES string of the molecule is c1ccc2c(c1)Oc1c(cc(-c3ccc(-c4cccc5c4-c4ccccc4C54c5ccccc5-c5cc6ccccc6cc54)cc3)c3ccccc13)C21c2ccccc2-c2ccccc21. The van der Waals surface area contributed by atoms with Crippen LogP contribution >= 0.6 is 0 Å². The van der Waals surface area contributed by atoms with Gasteiger partial charge in [-0.15, -0.1) is 0 Å². The molecule has 65 heavy (non-hydrogen) atoms. The number of hydrogen-bond donors (Lipinski definition) is 0. The maximum atomic E-state index is 7.05. The summed E-state index contributed by atoms with van der Waals surface area (Å²) in [7, 11) is 0. The lowest BCUT2D eigenvalue weighted by Crippen LogP contribution is -2.32. The molecule has 0 amide bonds. The van der Waals surface area contributed by atoms with E-state index in [9.17, 15) is 0 Å². The average molecular weight is 823 g/mol. The second kappa shape index (κ2) is 12.7. The zero-order chi connectivity index (χ0) is 42.4. The first-order valence-electron chi connectivity index (χ1n) is 22.7. The molecule has 0 radical (unpaired) electrons. The summed E-state index contributed by atoms with van der Waals surface area (Å²) in [4.78, 5) is 0. The highest BCUT2D eigenvalue weighted by Crippen LogP contribution is 2.66.